The average Bonchev–Trinajstić information content (AvgIpc) is 2.46. The first-order valence-corrected chi connectivity index (χ1v) is 8.94. The lowest BCUT2D eigenvalue weighted by Crippen LogP contribution is -2.30. The summed E-state index contributed by atoms with van der Waals surface area (Å²) in [6.07, 6.45) is 2.89. The smallest absolute Gasteiger partial charge is 0.242 e. The van der Waals surface area contributed by atoms with Crippen molar-refractivity contribution in [2.24, 2.45) is 0 Å². The van der Waals surface area contributed by atoms with E-state index in [1.165, 1.54) is 0 Å². The van der Waals surface area contributed by atoms with Crippen molar-refractivity contribution in [1.82, 2.24) is 10.0 Å². The molecule has 1 aromatic carbocycles. The van der Waals surface area contributed by atoms with Crippen LogP contribution in [0.5, 0.6) is 0 Å². The normalized spacial score (nSPS) is 15.4. The summed E-state index contributed by atoms with van der Waals surface area (Å²) in [5.74, 6) is 0.253. The van der Waals surface area contributed by atoms with E-state index in [9.17, 15) is 8.42 Å². The number of sulfonamides is 1. The number of rotatable bonds is 5. The third-order valence-electron chi connectivity index (χ3n) is 3.56. The Morgan fingerprint density at radius 3 is 2.68 bits per heavy atom. The molecule has 2 N–H and O–H groups in total. The largest absolute Gasteiger partial charge is 0.313 e. The molecule has 2 rings (SSSR count). The highest BCUT2D eigenvalue weighted by molar-refractivity contribution is 7.89. The van der Waals surface area contributed by atoms with E-state index in [0.717, 1.165) is 30.6 Å². The molecule has 22 heavy (non-hydrogen) atoms. The zero-order chi connectivity index (χ0) is 15.5. The van der Waals surface area contributed by atoms with E-state index in [4.69, 9.17) is 11.6 Å². The molecule has 0 amide bonds. The molecule has 1 aliphatic rings. The van der Waals surface area contributed by atoms with Gasteiger partial charge >= 0.3 is 0 Å². The Bertz CT molecular complexity index is 643. The third kappa shape index (κ3) is 4.96. The van der Waals surface area contributed by atoms with Crippen molar-refractivity contribution in [3.05, 3.63) is 40.4 Å². The van der Waals surface area contributed by atoms with Gasteiger partial charge in [0.15, 0.2) is 0 Å². The van der Waals surface area contributed by atoms with Crippen molar-refractivity contribution in [3.63, 3.8) is 0 Å². The minimum atomic E-state index is -3.59. The van der Waals surface area contributed by atoms with Gasteiger partial charge in [-0.2, -0.15) is 0 Å². The fourth-order valence-electron chi connectivity index (χ4n) is 2.18. The Morgan fingerprint density at radius 1 is 1.36 bits per heavy atom. The van der Waals surface area contributed by atoms with Crippen molar-refractivity contribution in [1.29, 1.82) is 0 Å². The van der Waals surface area contributed by atoms with Gasteiger partial charge in [-0.3, -0.25) is 0 Å². The first kappa shape index (κ1) is 19.5. The van der Waals surface area contributed by atoms with Crippen LogP contribution in [0.15, 0.2) is 34.7 Å². The summed E-state index contributed by atoms with van der Waals surface area (Å²) >= 11 is 6.06. The molecule has 1 aromatic rings. The molecule has 0 saturated carbocycles. The Hall–Kier alpha value is -0.590. The molecule has 7 heteroatoms. The van der Waals surface area contributed by atoms with Crippen LogP contribution in [0.3, 0.4) is 0 Å². The van der Waals surface area contributed by atoms with Gasteiger partial charge in [-0.05, 0) is 36.6 Å². The molecule has 1 heterocycles. The van der Waals surface area contributed by atoms with Crippen LogP contribution in [0.4, 0.5) is 0 Å². The van der Waals surface area contributed by atoms with E-state index >= 15 is 0 Å². The molecule has 4 nitrogen and oxygen atoms in total. The molecule has 0 saturated heterocycles. The van der Waals surface area contributed by atoms with E-state index in [-0.39, 0.29) is 28.2 Å². The number of hydrogen-bond donors (Lipinski definition) is 2. The number of halogens is 2. The standard InChI is InChI=1S/C15H21ClN2O2S.ClH/c1-11(2)13-3-4-14(16)15(9-13)21(19,20)18-10-12-5-7-17-8-6-12;/h3-5,9,11,17-18H,6-8,10H2,1-2H3;1H. The summed E-state index contributed by atoms with van der Waals surface area (Å²) < 4.78 is 27.5. The second-order valence-corrected chi connectivity index (χ2v) is 7.63. The van der Waals surface area contributed by atoms with Crippen LogP contribution in [-0.4, -0.2) is 28.1 Å². The molecule has 1 aliphatic heterocycles. The van der Waals surface area contributed by atoms with Crippen molar-refractivity contribution >= 4 is 34.0 Å². The minimum absolute atomic E-state index is 0. The number of nitrogens with one attached hydrogen (secondary N) is 2. The first-order valence-electron chi connectivity index (χ1n) is 7.08. The maximum absolute atomic E-state index is 12.4. The van der Waals surface area contributed by atoms with E-state index in [1.807, 2.05) is 26.0 Å². The molecule has 0 atom stereocenters. The molecular weight excluding hydrogens is 343 g/mol. The van der Waals surface area contributed by atoms with Crippen LogP contribution in [-0.2, 0) is 10.0 Å². The van der Waals surface area contributed by atoms with E-state index < -0.39 is 10.0 Å². The van der Waals surface area contributed by atoms with Gasteiger partial charge in [0.25, 0.3) is 0 Å². The van der Waals surface area contributed by atoms with Gasteiger partial charge in [-0.25, -0.2) is 13.1 Å². The maximum Gasteiger partial charge on any atom is 0.242 e. The van der Waals surface area contributed by atoms with Crippen LogP contribution in [0.25, 0.3) is 0 Å². The predicted octanol–water partition coefficient (Wildman–Crippen LogP) is 3.08. The van der Waals surface area contributed by atoms with E-state index in [0.29, 0.717) is 6.54 Å². The molecule has 0 radical (unpaired) electrons. The van der Waals surface area contributed by atoms with Gasteiger partial charge in [-0.15, -0.1) is 12.4 Å². The topological polar surface area (TPSA) is 58.2 Å². The molecule has 0 bridgehead atoms. The summed E-state index contributed by atoms with van der Waals surface area (Å²) in [6, 6.07) is 5.17. The fourth-order valence-corrected chi connectivity index (χ4v) is 3.75. The molecule has 0 unspecified atom stereocenters. The van der Waals surface area contributed by atoms with Crippen LogP contribution in [0, 0.1) is 0 Å². The van der Waals surface area contributed by atoms with Gasteiger partial charge in [0.1, 0.15) is 4.90 Å². The highest BCUT2D eigenvalue weighted by atomic mass is 35.5. The zero-order valence-electron chi connectivity index (χ0n) is 12.7. The highest BCUT2D eigenvalue weighted by Gasteiger charge is 2.19. The maximum atomic E-state index is 12.4. The van der Waals surface area contributed by atoms with Gasteiger partial charge < -0.3 is 5.32 Å². The molecule has 0 aromatic heterocycles. The van der Waals surface area contributed by atoms with Crippen LogP contribution in [0.1, 0.15) is 31.7 Å². The fraction of sp³-hybridized carbons (Fsp3) is 0.467. The molecule has 0 fully saturated rings. The summed E-state index contributed by atoms with van der Waals surface area (Å²) in [7, 11) is -3.59. The molecule has 0 aliphatic carbocycles. The Morgan fingerprint density at radius 2 is 2.09 bits per heavy atom. The Balaban J connectivity index is 0.00000242. The summed E-state index contributed by atoms with van der Waals surface area (Å²) in [6.45, 7) is 6.06. The molecule has 0 spiro atoms. The zero-order valence-corrected chi connectivity index (χ0v) is 15.1. The number of benzene rings is 1. The summed E-state index contributed by atoms with van der Waals surface area (Å²) in [4.78, 5) is 0.157. The Labute approximate surface area is 143 Å². The van der Waals surface area contributed by atoms with Crippen LogP contribution < -0.4 is 10.0 Å². The van der Waals surface area contributed by atoms with E-state index in [2.05, 4.69) is 10.0 Å². The van der Waals surface area contributed by atoms with Gasteiger partial charge in [-0.1, -0.05) is 43.2 Å². The molecule has 124 valence electrons. The lowest BCUT2D eigenvalue weighted by molar-refractivity contribution is 0.582. The van der Waals surface area contributed by atoms with Crippen molar-refractivity contribution < 1.29 is 8.42 Å². The SMILES string of the molecule is CC(C)c1ccc(Cl)c(S(=O)(=O)NCC2=CCNCC2)c1.Cl. The third-order valence-corrected chi connectivity index (χ3v) is 5.44. The number of hydrogen-bond acceptors (Lipinski definition) is 3. The van der Waals surface area contributed by atoms with Crippen molar-refractivity contribution in [2.75, 3.05) is 19.6 Å². The Kier molecular flexibility index (Phi) is 7.35. The predicted molar refractivity (Wildman–Crippen MR) is 93.5 cm³/mol. The summed E-state index contributed by atoms with van der Waals surface area (Å²) in [5.41, 5.74) is 2.06. The van der Waals surface area contributed by atoms with Crippen molar-refractivity contribution in [2.45, 2.75) is 31.1 Å². The lowest BCUT2D eigenvalue weighted by Gasteiger charge is -2.16. The van der Waals surface area contributed by atoms with Gasteiger partial charge in [0.05, 0.1) is 5.02 Å². The second kappa shape index (κ2) is 8.31. The lowest BCUT2D eigenvalue weighted by atomic mass is 10.0. The quantitative estimate of drug-likeness (QED) is 0.789. The van der Waals surface area contributed by atoms with E-state index in [1.54, 1.807) is 12.1 Å². The average molecular weight is 365 g/mol. The van der Waals surface area contributed by atoms with Gasteiger partial charge in [0, 0.05) is 13.1 Å². The molecular formula is C15H22Cl2N2O2S. The highest BCUT2D eigenvalue weighted by Crippen LogP contribution is 2.26. The van der Waals surface area contributed by atoms with Crippen molar-refractivity contribution in [3.8, 4) is 0 Å². The van der Waals surface area contributed by atoms with Crippen LogP contribution >= 0.6 is 24.0 Å². The monoisotopic (exact) mass is 364 g/mol. The van der Waals surface area contributed by atoms with Gasteiger partial charge in [0.2, 0.25) is 10.0 Å². The summed E-state index contributed by atoms with van der Waals surface area (Å²) in [5, 5.41) is 3.45. The second-order valence-electron chi connectivity index (χ2n) is 5.49. The minimum Gasteiger partial charge on any atom is -0.313 e. The van der Waals surface area contributed by atoms with Crippen LogP contribution in [0.2, 0.25) is 5.02 Å². The first-order chi connectivity index (χ1) is 9.90.